The number of carbonyl (C=O) groups is 1. The second-order valence-corrected chi connectivity index (χ2v) is 7.66. The number of aryl methyl sites for hydroxylation is 1. The molecule has 2 N–H and O–H groups in total. The lowest BCUT2D eigenvalue weighted by atomic mass is 10.1. The molecule has 0 aliphatic heterocycles. The summed E-state index contributed by atoms with van der Waals surface area (Å²) in [6.07, 6.45) is 1.04. The topological polar surface area (TPSA) is 88.2 Å². The number of carbonyl (C=O) groups excluding carboxylic acids is 1. The molecule has 22 heavy (non-hydrogen) atoms. The van der Waals surface area contributed by atoms with Crippen molar-refractivity contribution in [1.29, 1.82) is 0 Å². The minimum atomic E-state index is -3.41. The Morgan fingerprint density at radius 2 is 1.91 bits per heavy atom. The third-order valence-electron chi connectivity index (χ3n) is 2.92. The second-order valence-electron chi connectivity index (χ2n) is 4.91. The second kappa shape index (κ2) is 6.45. The number of rotatable bonds is 5. The van der Waals surface area contributed by atoms with Crippen molar-refractivity contribution in [3.63, 3.8) is 0 Å². The molecule has 1 aromatic heterocycles. The van der Waals surface area contributed by atoms with Gasteiger partial charge in [-0.15, -0.1) is 0 Å². The predicted molar refractivity (Wildman–Crippen MR) is 87.6 cm³/mol. The molecular weight excluding hydrogens is 322 g/mol. The average Bonchev–Trinajstić information content (AvgIpc) is 2.78. The minimum Gasteiger partial charge on any atom is -0.345 e. The quantitative estimate of drug-likeness (QED) is 0.875. The van der Waals surface area contributed by atoms with Crippen molar-refractivity contribution in [1.82, 2.24) is 10.3 Å². The van der Waals surface area contributed by atoms with E-state index in [0.717, 1.165) is 23.2 Å². The van der Waals surface area contributed by atoms with Crippen molar-refractivity contribution in [3.05, 3.63) is 46.5 Å². The van der Waals surface area contributed by atoms with E-state index in [2.05, 4.69) is 15.0 Å². The van der Waals surface area contributed by atoms with E-state index in [-0.39, 0.29) is 17.1 Å². The maximum absolute atomic E-state index is 12.3. The Kier molecular flexibility index (Phi) is 4.82. The van der Waals surface area contributed by atoms with Crippen molar-refractivity contribution in [2.24, 2.45) is 0 Å². The molecule has 1 unspecified atom stereocenters. The van der Waals surface area contributed by atoms with Crippen molar-refractivity contribution in [2.75, 3.05) is 11.0 Å². The molecule has 1 heterocycles. The van der Waals surface area contributed by atoms with Gasteiger partial charge in [0.2, 0.25) is 10.0 Å². The summed E-state index contributed by atoms with van der Waals surface area (Å²) in [5, 5.41) is 3.08. The number of nitrogens with zero attached hydrogens (tertiary/aromatic N) is 1. The first kappa shape index (κ1) is 16.4. The van der Waals surface area contributed by atoms with Crippen LogP contribution >= 0.6 is 11.3 Å². The van der Waals surface area contributed by atoms with Gasteiger partial charge < -0.3 is 5.32 Å². The lowest BCUT2D eigenvalue weighted by Crippen LogP contribution is -2.26. The van der Waals surface area contributed by atoms with Crippen molar-refractivity contribution in [2.45, 2.75) is 19.9 Å². The number of anilines is 1. The molecule has 118 valence electrons. The Bertz CT molecular complexity index is 770. The Labute approximate surface area is 133 Å². The number of hydrogen-bond donors (Lipinski definition) is 2. The van der Waals surface area contributed by atoms with Crippen LogP contribution in [0.25, 0.3) is 0 Å². The van der Waals surface area contributed by atoms with E-state index >= 15 is 0 Å². The molecule has 0 spiro atoms. The van der Waals surface area contributed by atoms with Crippen molar-refractivity contribution in [3.8, 4) is 0 Å². The molecule has 8 heteroatoms. The standard InChI is InChI=1S/C14H17N3O3S2/c1-9(11-7-5-4-6-8-11)15-13(18)12-10(2)16-14(21-12)17-22(3,19)20/h4-9H,1-3H3,(H,15,18)(H,16,17). The predicted octanol–water partition coefficient (Wildman–Crippen LogP) is 2.31. The van der Waals surface area contributed by atoms with Gasteiger partial charge in [0.15, 0.2) is 5.13 Å². The minimum absolute atomic E-state index is 0.151. The van der Waals surface area contributed by atoms with Crippen LogP contribution in [0, 0.1) is 6.92 Å². The van der Waals surface area contributed by atoms with E-state index in [1.807, 2.05) is 37.3 Å². The van der Waals surface area contributed by atoms with Gasteiger partial charge in [-0.05, 0) is 19.4 Å². The van der Waals surface area contributed by atoms with Crippen LogP contribution in [0.15, 0.2) is 30.3 Å². The van der Waals surface area contributed by atoms with Crippen LogP contribution in [0.4, 0.5) is 5.13 Å². The Morgan fingerprint density at radius 1 is 1.27 bits per heavy atom. The molecule has 2 rings (SSSR count). The Hall–Kier alpha value is -1.93. The zero-order chi connectivity index (χ0) is 16.3. The molecule has 6 nitrogen and oxygen atoms in total. The lowest BCUT2D eigenvalue weighted by Gasteiger charge is -2.13. The van der Waals surface area contributed by atoms with E-state index in [4.69, 9.17) is 0 Å². The van der Waals surface area contributed by atoms with Gasteiger partial charge in [0.1, 0.15) is 4.88 Å². The first-order chi connectivity index (χ1) is 10.3. The normalized spacial score (nSPS) is 12.7. The Balaban J connectivity index is 2.13. The number of benzene rings is 1. The van der Waals surface area contributed by atoms with Crippen LogP contribution < -0.4 is 10.0 Å². The van der Waals surface area contributed by atoms with Crippen molar-refractivity contribution < 1.29 is 13.2 Å². The smallest absolute Gasteiger partial charge is 0.263 e. The van der Waals surface area contributed by atoms with Gasteiger partial charge in [0.25, 0.3) is 5.91 Å². The van der Waals surface area contributed by atoms with Crippen molar-refractivity contribution >= 4 is 32.4 Å². The summed E-state index contributed by atoms with van der Waals surface area (Å²) >= 11 is 1.02. The fourth-order valence-electron chi connectivity index (χ4n) is 1.90. The summed E-state index contributed by atoms with van der Waals surface area (Å²) in [4.78, 5) is 16.8. The number of amides is 1. The molecule has 1 aromatic carbocycles. The molecule has 0 saturated heterocycles. The van der Waals surface area contributed by atoms with E-state index in [0.29, 0.717) is 10.6 Å². The van der Waals surface area contributed by atoms with E-state index in [9.17, 15) is 13.2 Å². The molecule has 1 atom stereocenters. The largest absolute Gasteiger partial charge is 0.345 e. The molecule has 0 radical (unpaired) electrons. The summed E-state index contributed by atoms with van der Waals surface area (Å²) in [7, 11) is -3.41. The van der Waals surface area contributed by atoms with Crippen LogP contribution in [-0.4, -0.2) is 25.6 Å². The highest BCUT2D eigenvalue weighted by Crippen LogP contribution is 2.24. The number of hydrogen-bond acceptors (Lipinski definition) is 5. The lowest BCUT2D eigenvalue weighted by molar-refractivity contribution is 0.0943. The first-order valence-corrected chi connectivity index (χ1v) is 9.28. The molecule has 0 aliphatic rings. The SMILES string of the molecule is Cc1nc(NS(C)(=O)=O)sc1C(=O)NC(C)c1ccccc1. The van der Waals surface area contributed by atoms with Gasteiger partial charge in [-0.1, -0.05) is 41.7 Å². The monoisotopic (exact) mass is 339 g/mol. The van der Waals surface area contributed by atoms with Gasteiger partial charge in [-0.25, -0.2) is 13.4 Å². The summed E-state index contributed by atoms with van der Waals surface area (Å²) in [5.41, 5.74) is 1.49. The van der Waals surface area contributed by atoms with Crippen LogP contribution in [-0.2, 0) is 10.0 Å². The van der Waals surface area contributed by atoms with Crippen LogP contribution in [0.1, 0.15) is 33.9 Å². The summed E-state index contributed by atoms with van der Waals surface area (Å²) in [6.45, 7) is 3.56. The summed E-state index contributed by atoms with van der Waals surface area (Å²) < 4.78 is 24.7. The van der Waals surface area contributed by atoms with E-state index in [1.54, 1.807) is 6.92 Å². The third kappa shape index (κ3) is 4.28. The maximum Gasteiger partial charge on any atom is 0.263 e. The molecule has 1 amide bonds. The molecule has 0 fully saturated rings. The average molecular weight is 339 g/mol. The first-order valence-electron chi connectivity index (χ1n) is 6.57. The van der Waals surface area contributed by atoms with E-state index in [1.165, 1.54) is 0 Å². The Morgan fingerprint density at radius 3 is 2.50 bits per heavy atom. The summed E-state index contributed by atoms with van der Waals surface area (Å²) in [5.74, 6) is -0.270. The number of aromatic nitrogens is 1. The highest BCUT2D eigenvalue weighted by atomic mass is 32.2. The molecule has 0 saturated carbocycles. The molecule has 0 bridgehead atoms. The number of sulfonamides is 1. The highest BCUT2D eigenvalue weighted by molar-refractivity contribution is 7.92. The third-order valence-corrected chi connectivity index (χ3v) is 4.69. The zero-order valence-electron chi connectivity index (χ0n) is 12.5. The molecule has 2 aromatic rings. The van der Waals surface area contributed by atoms with Crippen LogP contribution in [0.5, 0.6) is 0 Å². The maximum atomic E-state index is 12.3. The highest BCUT2D eigenvalue weighted by Gasteiger charge is 2.18. The zero-order valence-corrected chi connectivity index (χ0v) is 14.1. The van der Waals surface area contributed by atoms with E-state index < -0.39 is 10.0 Å². The van der Waals surface area contributed by atoms with Gasteiger partial charge >= 0.3 is 0 Å². The fourth-order valence-corrected chi connectivity index (χ4v) is 3.60. The van der Waals surface area contributed by atoms with Gasteiger partial charge in [-0.2, -0.15) is 0 Å². The molecular formula is C14H17N3O3S2. The fraction of sp³-hybridized carbons (Fsp3) is 0.286. The van der Waals surface area contributed by atoms with Gasteiger partial charge in [0.05, 0.1) is 18.0 Å². The summed E-state index contributed by atoms with van der Waals surface area (Å²) in [6, 6.07) is 9.44. The number of thiazole rings is 1. The molecule has 0 aliphatic carbocycles. The van der Waals surface area contributed by atoms with Gasteiger partial charge in [0, 0.05) is 0 Å². The van der Waals surface area contributed by atoms with Crippen LogP contribution in [0.2, 0.25) is 0 Å². The number of nitrogens with one attached hydrogen (secondary N) is 2. The van der Waals surface area contributed by atoms with Crippen LogP contribution in [0.3, 0.4) is 0 Å². The van der Waals surface area contributed by atoms with Gasteiger partial charge in [-0.3, -0.25) is 9.52 Å².